The lowest BCUT2D eigenvalue weighted by Gasteiger charge is -2.27. The summed E-state index contributed by atoms with van der Waals surface area (Å²) in [6.07, 6.45) is -0.301. The van der Waals surface area contributed by atoms with Gasteiger partial charge in [0, 0.05) is 5.38 Å². The minimum absolute atomic E-state index is 0.158. The number of aryl methyl sites for hydroxylation is 1. The molecule has 1 aliphatic rings. The van der Waals surface area contributed by atoms with Gasteiger partial charge in [-0.15, -0.1) is 11.6 Å². The van der Waals surface area contributed by atoms with Crippen LogP contribution < -0.4 is 0 Å². The molecular formula is C14H16ClF3. The molecule has 0 N–H and O–H groups in total. The Kier molecular flexibility index (Phi) is 3.90. The third kappa shape index (κ3) is 3.00. The van der Waals surface area contributed by atoms with Crippen LogP contribution >= 0.6 is 11.6 Å². The van der Waals surface area contributed by atoms with Crippen LogP contribution in [0.5, 0.6) is 0 Å². The highest BCUT2D eigenvalue weighted by atomic mass is 35.5. The van der Waals surface area contributed by atoms with Gasteiger partial charge in [-0.2, -0.15) is 13.2 Å². The molecule has 1 saturated carbocycles. The Bertz CT molecular complexity index is 426. The molecule has 0 amide bonds. The quantitative estimate of drug-likeness (QED) is 0.612. The predicted octanol–water partition coefficient (Wildman–Crippen LogP) is 5.28. The van der Waals surface area contributed by atoms with E-state index in [0.29, 0.717) is 5.92 Å². The SMILES string of the molecule is Cc1cc(C(F)(F)F)ccc1C1CCCC(Cl)C1. The Balaban J connectivity index is 2.24. The van der Waals surface area contributed by atoms with Crippen LogP contribution in [-0.4, -0.2) is 5.38 Å². The fourth-order valence-electron chi connectivity index (χ4n) is 2.72. The molecule has 2 unspecified atom stereocenters. The van der Waals surface area contributed by atoms with Gasteiger partial charge >= 0.3 is 6.18 Å². The molecule has 0 heterocycles. The molecule has 2 atom stereocenters. The van der Waals surface area contributed by atoms with Crippen molar-refractivity contribution in [3.05, 3.63) is 34.9 Å². The highest BCUT2D eigenvalue weighted by Crippen LogP contribution is 2.38. The van der Waals surface area contributed by atoms with E-state index in [0.717, 1.165) is 36.8 Å². The molecule has 1 aliphatic carbocycles. The Morgan fingerprint density at radius 2 is 1.94 bits per heavy atom. The maximum atomic E-state index is 12.6. The van der Waals surface area contributed by atoms with Gasteiger partial charge in [0.05, 0.1) is 5.56 Å². The molecule has 0 radical (unpaired) electrons. The average Bonchev–Trinajstić information content (AvgIpc) is 2.27. The van der Waals surface area contributed by atoms with Gasteiger partial charge < -0.3 is 0 Å². The summed E-state index contributed by atoms with van der Waals surface area (Å²) in [5, 5.41) is 0.158. The van der Waals surface area contributed by atoms with Gasteiger partial charge in [0.2, 0.25) is 0 Å². The molecule has 4 heteroatoms. The van der Waals surface area contributed by atoms with Crippen molar-refractivity contribution in [1.82, 2.24) is 0 Å². The molecule has 0 spiro atoms. The van der Waals surface area contributed by atoms with Crippen molar-refractivity contribution in [2.75, 3.05) is 0 Å². The lowest BCUT2D eigenvalue weighted by atomic mass is 9.81. The Morgan fingerprint density at radius 1 is 1.22 bits per heavy atom. The summed E-state index contributed by atoms with van der Waals surface area (Å²) in [5.74, 6) is 0.309. The van der Waals surface area contributed by atoms with E-state index in [1.807, 2.05) is 0 Å². The molecule has 0 nitrogen and oxygen atoms in total. The molecule has 0 aliphatic heterocycles. The van der Waals surface area contributed by atoms with Gasteiger partial charge in [-0.3, -0.25) is 0 Å². The molecule has 2 rings (SSSR count). The second kappa shape index (κ2) is 5.12. The van der Waals surface area contributed by atoms with Crippen molar-refractivity contribution in [2.24, 2.45) is 0 Å². The van der Waals surface area contributed by atoms with Gasteiger partial charge in [-0.25, -0.2) is 0 Å². The molecule has 0 bridgehead atoms. The van der Waals surface area contributed by atoms with Gasteiger partial charge in [-0.05, 0) is 55.4 Å². The molecule has 1 aromatic rings. The van der Waals surface area contributed by atoms with E-state index in [9.17, 15) is 13.2 Å². The van der Waals surface area contributed by atoms with Gasteiger partial charge in [-0.1, -0.05) is 12.5 Å². The smallest absolute Gasteiger partial charge is 0.166 e. The second-order valence-electron chi connectivity index (χ2n) is 5.03. The highest BCUT2D eigenvalue weighted by Gasteiger charge is 2.31. The fraction of sp³-hybridized carbons (Fsp3) is 0.571. The van der Waals surface area contributed by atoms with E-state index < -0.39 is 11.7 Å². The van der Waals surface area contributed by atoms with Crippen molar-refractivity contribution in [3.63, 3.8) is 0 Å². The maximum absolute atomic E-state index is 12.6. The molecule has 0 aromatic heterocycles. The normalized spacial score (nSPS) is 25.2. The largest absolute Gasteiger partial charge is 0.416 e. The first-order chi connectivity index (χ1) is 8.38. The van der Waals surface area contributed by atoms with Crippen LogP contribution in [0.25, 0.3) is 0 Å². The van der Waals surface area contributed by atoms with Crippen molar-refractivity contribution in [2.45, 2.75) is 50.1 Å². The number of rotatable bonds is 1. The molecule has 100 valence electrons. The minimum Gasteiger partial charge on any atom is -0.166 e. The summed E-state index contributed by atoms with van der Waals surface area (Å²) in [6, 6.07) is 4.05. The molecule has 1 fully saturated rings. The van der Waals surface area contributed by atoms with Crippen molar-refractivity contribution >= 4 is 11.6 Å². The van der Waals surface area contributed by atoms with Crippen LogP contribution in [0.3, 0.4) is 0 Å². The van der Waals surface area contributed by atoms with Crippen LogP contribution in [-0.2, 0) is 6.18 Å². The van der Waals surface area contributed by atoms with E-state index in [4.69, 9.17) is 11.6 Å². The van der Waals surface area contributed by atoms with Gasteiger partial charge in [0.25, 0.3) is 0 Å². The van der Waals surface area contributed by atoms with Crippen LogP contribution in [0.15, 0.2) is 18.2 Å². The summed E-state index contributed by atoms with van der Waals surface area (Å²) in [5.41, 5.74) is 1.18. The molecular weight excluding hydrogens is 261 g/mol. The minimum atomic E-state index is -4.26. The third-order valence-electron chi connectivity index (χ3n) is 3.65. The van der Waals surface area contributed by atoms with Gasteiger partial charge in [0.15, 0.2) is 0 Å². The Morgan fingerprint density at radius 3 is 2.50 bits per heavy atom. The van der Waals surface area contributed by atoms with Crippen molar-refractivity contribution in [1.29, 1.82) is 0 Å². The fourth-order valence-corrected chi connectivity index (χ4v) is 3.09. The van der Waals surface area contributed by atoms with E-state index in [1.165, 1.54) is 12.1 Å². The monoisotopic (exact) mass is 276 g/mol. The average molecular weight is 277 g/mol. The number of benzene rings is 1. The maximum Gasteiger partial charge on any atom is 0.416 e. The summed E-state index contributed by atoms with van der Waals surface area (Å²) < 4.78 is 37.7. The number of hydrogen-bond acceptors (Lipinski definition) is 0. The Hall–Kier alpha value is -0.700. The Labute approximate surface area is 110 Å². The molecule has 1 aromatic carbocycles. The summed E-state index contributed by atoms with van der Waals surface area (Å²) >= 11 is 6.14. The first-order valence-electron chi connectivity index (χ1n) is 6.19. The number of alkyl halides is 4. The second-order valence-corrected chi connectivity index (χ2v) is 5.65. The lowest BCUT2D eigenvalue weighted by Crippen LogP contribution is -2.15. The van der Waals surface area contributed by atoms with E-state index >= 15 is 0 Å². The van der Waals surface area contributed by atoms with Crippen molar-refractivity contribution < 1.29 is 13.2 Å². The lowest BCUT2D eigenvalue weighted by molar-refractivity contribution is -0.137. The highest BCUT2D eigenvalue weighted by molar-refractivity contribution is 6.20. The van der Waals surface area contributed by atoms with Crippen molar-refractivity contribution in [3.8, 4) is 0 Å². The topological polar surface area (TPSA) is 0 Å². The number of halogens is 4. The van der Waals surface area contributed by atoms with E-state index in [2.05, 4.69) is 0 Å². The standard InChI is InChI=1S/C14H16ClF3/c1-9-7-11(14(16,17)18)5-6-13(9)10-3-2-4-12(15)8-10/h5-7,10,12H,2-4,8H2,1H3. The zero-order valence-corrected chi connectivity index (χ0v) is 11.0. The first-order valence-corrected chi connectivity index (χ1v) is 6.63. The van der Waals surface area contributed by atoms with E-state index in [-0.39, 0.29) is 5.38 Å². The van der Waals surface area contributed by atoms with E-state index in [1.54, 1.807) is 13.0 Å². The first kappa shape index (κ1) is 13.7. The van der Waals surface area contributed by atoms with Crippen LogP contribution in [0.2, 0.25) is 0 Å². The zero-order valence-electron chi connectivity index (χ0n) is 10.2. The summed E-state index contributed by atoms with van der Waals surface area (Å²) in [4.78, 5) is 0. The zero-order chi connectivity index (χ0) is 13.3. The number of hydrogen-bond donors (Lipinski definition) is 0. The van der Waals surface area contributed by atoms with Crippen LogP contribution in [0, 0.1) is 6.92 Å². The third-order valence-corrected chi connectivity index (χ3v) is 4.04. The molecule has 0 saturated heterocycles. The van der Waals surface area contributed by atoms with Crippen LogP contribution in [0.1, 0.15) is 48.3 Å². The van der Waals surface area contributed by atoms with Crippen LogP contribution in [0.4, 0.5) is 13.2 Å². The van der Waals surface area contributed by atoms with Gasteiger partial charge in [0.1, 0.15) is 0 Å². The molecule has 18 heavy (non-hydrogen) atoms. The summed E-state index contributed by atoms with van der Waals surface area (Å²) in [7, 11) is 0. The predicted molar refractivity (Wildman–Crippen MR) is 67.0 cm³/mol. The summed E-state index contributed by atoms with van der Waals surface area (Å²) in [6.45, 7) is 1.75.